The minimum atomic E-state index is -4.58. The van der Waals surface area contributed by atoms with Crippen molar-refractivity contribution in [2.45, 2.75) is 34.6 Å². The van der Waals surface area contributed by atoms with Crippen molar-refractivity contribution in [3.63, 3.8) is 0 Å². The summed E-state index contributed by atoms with van der Waals surface area (Å²) >= 11 is 1.44. The average molecular weight is 416 g/mol. The molecular formula is C17H15F3N2O3S2. The van der Waals surface area contributed by atoms with Gasteiger partial charge in [0.15, 0.2) is 0 Å². The zero-order valence-corrected chi connectivity index (χ0v) is 15.6. The van der Waals surface area contributed by atoms with Crippen LogP contribution < -0.4 is 10.0 Å². The van der Waals surface area contributed by atoms with Crippen LogP contribution >= 0.6 is 11.8 Å². The number of rotatable bonds is 3. The van der Waals surface area contributed by atoms with Crippen LogP contribution in [0, 0.1) is 0 Å². The lowest BCUT2D eigenvalue weighted by molar-refractivity contribution is -0.137. The second kappa shape index (κ2) is 7.08. The van der Waals surface area contributed by atoms with E-state index < -0.39 is 21.8 Å². The summed E-state index contributed by atoms with van der Waals surface area (Å²) in [6.07, 6.45) is -4.28. The summed E-state index contributed by atoms with van der Waals surface area (Å²) in [7, 11) is -4.13. The Bertz CT molecular complexity index is 991. The molecule has 1 aliphatic rings. The van der Waals surface area contributed by atoms with Crippen LogP contribution in [-0.4, -0.2) is 19.6 Å². The highest BCUT2D eigenvalue weighted by Gasteiger charge is 2.31. The Balaban J connectivity index is 1.91. The second-order valence-corrected chi connectivity index (χ2v) is 9.19. The SMILES string of the molecule is C[C@H]1CC(=O)Nc2cc(S(=O)(=O)Nc3cccc(C(F)(F)F)c3)ccc2S1. The summed E-state index contributed by atoms with van der Waals surface area (Å²) in [4.78, 5) is 12.4. The van der Waals surface area contributed by atoms with Gasteiger partial charge in [0.05, 0.1) is 16.1 Å². The van der Waals surface area contributed by atoms with Crippen LogP contribution in [0.1, 0.15) is 18.9 Å². The molecule has 1 heterocycles. The topological polar surface area (TPSA) is 75.3 Å². The van der Waals surface area contributed by atoms with E-state index in [0.717, 1.165) is 23.1 Å². The first-order chi connectivity index (χ1) is 12.5. The number of carbonyl (C=O) groups excluding carboxylic acids is 1. The van der Waals surface area contributed by atoms with Gasteiger partial charge in [-0.2, -0.15) is 13.2 Å². The number of fused-ring (bicyclic) bond motifs is 1. The number of alkyl halides is 3. The van der Waals surface area contributed by atoms with Crippen molar-refractivity contribution in [2.75, 3.05) is 10.0 Å². The summed E-state index contributed by atoms with van der Waals surface area (Å²) in [5.41, 5.74) is -0.796. The van der Waals surface area contributed by atoms with Crippen LogP contribution in [-0.2, 0) is 21.0 Å². The summed E-state index contributed by atoms with van der Waals surface area (Å²) in [6.45, 7) is 1.89. The third-order valence-electron chi connectivity index (χ3n) is 3.78. The number of carbonyl (C=O) groups is 1. The molecule has 2 aromatic carbocycles. The number of sulfonamides is 1. The van der Waals surface area contributed by atoms with E-state index in [2.05, 4.69) is 10.0 Å². The van der Waals surface area contributed by atoms with Crippen LogP contribution in [0.15, 0.2) is 52.3 Å². The maximum atomic E-state index is 12.8. The van der Waals surface area contributed by atoms with Gasteiger partial charge in [0.25, 0.3) is 10.0 Å². The van der Waals surface area contributed by atoms with Gasteiger partial charge < -0.3 is 5.32 Å². The first-order valence-electron chi connectivity index (χ1n) is 7.85. The fourth-order valence-corrected chi connectivity index (χ4v) is 4.70. The lowest BCUT2D eigenvalue weighted by Crippen LogP contribution is -2.15. The molecule has 0 bridgehead atoms. The summed E-state index contributed by atoms with van der Waals surface area (Å²) < 4.78 is 65.7. The van der Waals surface area contributed by atoms with Crippen LogP contribution in [0.25, 0.3) is 0 Å². The van der Waals surface area contributed by atoms with Gasteiger partial charge in [-0.15, -0.1) is 11.8 Å². The molecule has 144 valence electrons. The van der Waals surface area contributed by atoms with Crippen molar-refractivity contribution in [3.8, 4) is 0 Å². The van der Waals surface area contributed by atoms with Crippen LogP contribution in [0.5, 0.6) is 0 Å². The van der Waals surface area contributed by atoms with Crippen molar-refractivity contribution >= 4 is 39.1 Å². The molecule has 0 aliphatic carbocycles. The maximum Gasteiger partial charge on any atom is 0.416 e. The molecule has 2 N–H and O–H groups in total. The molecule has 0 unspecified atom stereocenters. The standard InChI is InChI=1S/C17H15F3N2O3S2/c1-10-7-16(23)21-14-9-13(5-6-15(14)26-10)27(24,25)22-12-4-2-3-11(8-12)17(18,19)20/h2-6,8-10,22H,7H2,1H3,(H,21,23)/t10-/m0/s1. The quantitative estimate of drug-likeness (QED) is 0.781. The molecule has 27 heavy (non-hydrogen) atoms. The largest absolute Gasteiger partial charge is 0.416 e. The lowest BCUT2D eigenvalue weighted by atomic mass is 10.2. The zero-order chi connectivity index (χ0) is 19.8. The van der Waals surface area contributed by atoms with Gasteiger partial charge in [-0.05, 0) is 36.4 Å². The number of anilines is 2. The van der Waals surface area contributed by atoms with Gasteiger partial charge in [-0.25, -0.2) is 8.42 Å². The second-order valence-electron chi connectivity index (χ2n) is 6.02. The molecule has 10 heteroatoms. The van der Waals surface area contributed by atoms with Gasteiger partial charge in [-0.1, -0.05) is 13.0 Å². The highest BCUT2D eigenvalue weighted by molar-refractivity contribution is 8.00. The van der Waals surface area contributed by atoms with Crippen molar-refractivity contribution in [1.29, 1.82) is 0 Å². The van der Waals surface area contributed by atoms with Gasteiger partial charge in [-0.3, -0.25) is 9.52 Å². The molecule has 0 saturated heterocycles. The van der Waals surface area contributed by atoms with Crippen LogP contribution in [0.4, 0.5) is 24.5 Å². The molecule has 5 nitrogen and oxygen atoms in total. The average Bonchev–Trinajstić information content (AvgIpc) is 2.69. The number of benzene rings is 2. The fraction of sp³-hybridized carbons (Fsp3) is 0.235. The minimum Gasteiger partial charge on any atom is -0.325 e. The first kappa shape index (κ1) is 19.6. The van der Waals surface area contributed by atoms with E-state index in [9.17, 15) is 26.4 Å². The molecule has 1 atom stereocenters. The van der Waals surface area contributed by atoms with Gasteiger partial charge in [0.2, 0.25) is 5.91 Å². The molecule has 0 aromatic heterocycles. The fourth-order valence-electron chi connectivity index (χ4n) is 2.57. The molecule has 0 saturated carbocycles. The van der Waals surface area contributed by atoms with Crippen molar-refractivity contribution in [3.05, 3.63) is 48.0 Å². The predicted molar refractivity (Wildman–Crippen MR) is 97.3 cm³/mol. The minimum absolute atomic E-state index is 0.0388. The van der Waals surface area contributed by atoms with Crippen LogP contribution in [0.3, 0.4) is 0 Å². The Kier molecular flexibility index (Phi) is 5.13. The van der Waals surface area contributed by atoms with E-state index in [0.29, 0.717) is 12.1 Å². The smallest absolute Gasteiger partial charge is 0.325 e. The number of halogens is 3. The van der Waals surface area contributed by atoms with E-state index in [-0.39, 0.29) is 21.7 Å². The Hall–Kier alpha value is -2.20. The van der Waals surface area contributed by atoms with E-state index in [1.807, 2.05) is 6.92 Å². The Morgan fingerprint density at radius 2 is 1.93 bits per heavy atom. The Morgan fingerprint density at radius 1 is 1.19 bits per heavy atom. The van der Waals surface area contributed by atoms with Crippen molar-refractivity contribution in [2.24, 2.45) is 0 Å². The van der Waals surface area contributed by atoms with Crippen molar-refractivity contribution < 1.29 is 26.4 Å². The summed E-state index contributed by atoms with van der Waals surface area (Å²) in [6, 6.07) is 8.16. The summed E-state index contributed by atoms with van der Waals surface area (Å²) in [5, 5.41) is 2.70. The normalized spacial score (nSPS) is 17.6. The van der Waals surface area contributed by atoms with Crippen molar-refractivity contribution in [1.82, 2.24) is 0 Å². The molecule has 2 aromatic rings. The van der Waals surface area contributed by atoms with E-state index in [1.165, 1.54) is 30.0 Å². The van der Waals surface area contributed by atoms with E-state index in [1.54, 1.807) is 6.07 Å². The predicted octanol–water partition coefficient (Wildman–Crippen LogP) is 4.33. The molecule has 0 fully saturated rings. The maximum absolute atomic E-state index is 12.8. The number of thioether (sulfide) groups is 1. The highest BCUT2D eigenvalue weighted by Crippen LogP contribution is 2.37. The number of amides is 1. The molecule has 3 rings (SSSR count). The van der Waals surface area contributed by atoms with E-state index >= 15 is 0 Å². The number of hydrogen-bond donors (Lipinski definition) is 2. The monoisotopic (exact) mass is 416 g/mol. The lowest BCUT2D eigenvalue weighted by Gasteiger charge is -2.13. The van der Waals surface area contributed by atoms with Gasteiger partial charge >= 0.3 is 6.18 Å². The first-order valence-corrected chi connectivity index (χ1v) is 10.2. The third kappa shape index (κ3) is 4.56. The van der Waals surface area contributed by atoms with E-state index in [4.69, 9.17) is 0 Å². The molecule has 0 spiro atoms. The third-order valence-corrected chi connectivity index (χ3v) is 6.34. The Morgan fingerprint density at radius 3 is 2.63 bits per heavy atom. The Labute approximate surface area is 158 Å². The van der Waals surface area contributed by atoms with Crippen LogP contribution in [0.2, 0.25) is 0 Å². The molecular weight excluding hydrogens is 401 g/mol. The highest BCUT2D eigenvalue weighted by atomic mass is 32.2. The summed E-state index contributed by atoms with van der Waals surface area (Å²) in [5.74, 6) is -0.228. The van der Waals surface area contributed by atoms with Gasteiger partial charge in [0, 0.05) is 22.3 Å². The molecule has 1 aliphatic heterocycles. The zero-order valence-electron chi connectivity index (χ0n) is 14.0. The number of nitrogens with one attached hydrogen (secondary N) is 2. The van der Waals surface area contributed by atoms with Gasteiger partial charge in [0.1, 0.15) is 0 Å². The molecule has 0 radical (unpaired) electrons. The molecule has 1 amide bonds. The number of hydrogen-bond acceptors (Lipinski definition) is 4.